The largest absolute Gasteiger partial charge is 0.465 e. The van der Waals surface area contributed by atoms with Crippen molar-refractivity contribution in [3.63, 3.8) is 0 Å². The van der Waals surface area contributed by atoms with Gasteiger partial charge in [0.2, 0.25) is 0 Å². The molecule has 0 atom stereocenters. The summed E-state index contributed by atoms with van der Waals surface area (Å²) in [5.41, 5.74) is 1.12. The quantitative estimate of drug-likeness (QED) is 0.799. The Morgan fingerprint density at radius 1 is 1.12 bits per heavy atom. The third-order valence-electron chi connectivity index (χ3n) is 2.40. The molecule has 1 aromatic carbocycles. The lowest BCUT2D eigenvalue weighted by Gasteiger charge is -2.02. The number of nitrogens with one attached hydrogen (secondary N) is 1. The van der Waals surface area contributed by atoms with Crippen molar-refractivity contribution in [2.45, 2.75) is 0 Å². The maximum Gasteiger partial charge on any atom is 0.343 e. The van der Waals surface area contributed by atoms with Crippen molar-refractivity contribution in [2.24, 2.45) is 0 Å². The van der Waals surface area contributed by atoms with E-state index in [0.717, 1.165) is 5.56 Å². The highest BCUT2D eigenvalue weighted by Crippen LogP contribution is 2.14. The molecule has 0 aliphatic carbocycles. The molecule has 1 heterocycles. The lowest BCUT2D eigenvalue weighted by Crippen LogP contribution is -2.18. The second-order valence-electron chi connectivity index (χ2n) is 3.47. The van der Waals surface area contributed by atoms with E-state index in [1.165, 1.54) is 13.2 Å². The molecule has 0 bridgehead atoms. The normalized spacial score (nSPS) is 9.94. The first-order valence-corrected chi connectivity index (χ1v) is 5.09. The monoisotopic (exact) mass is 229 g/mol. The van der Waals surface area contributed by atoms with E-state index in [0.29, 0.717) is 5.69 Å². The first kappa shape index (κ1) is 11.1. The van der Waals surface area contributed by atoms with Gasteiger partial charge in [0.1, 0.15) is 5.56 Å². The third kappa shape index (κ3) is 2.25. The number of benzene rings is 1. The summed E-state index contributed by atoms with van der Waals surface area (Å²) in [6, 6.07) is 12.6. The third-order valence-corrected chi connectivity index (χ3v) is 2.40. The van der Waals surface area contributed by atoms with Crippen LogP contribution in [-0.4, -0.2) is 18.1 Å². The fourth-order valence-corrected chi connectivity index (χ4v) is 1.53. The number of ether oxygens (including phenoxy) is 1. The lowest BCUT2D eigenvalue weighted by molar-refractivity contribution is 0.0598. The number of aromatic amines is 1. The first-order chi connectivity index (χ1) is 8.22. The Morgan fingerprint density at radius 3 is 2.41 bits per heavy atom. The fourth-order valence-electron chi connectivity index (χ4n) is 1.53. The van der Waals surface area contributed by atoms with E-state index in [-0.39, 0.29) is 5.56 Å². The molecule has 0 aliphatic rings. The average molecular weight is 229 g/mol. The standard InChI is InChI=1S/C13H11NO3/c1-17-13(16)10-7-8-11(14-12(10)15)9-5-3-2-4-6-9/h2-8H,1H3,(H,14,15). The Kier molecular flexibility index (Phi) is 3.05. The number of methoxy groups -OCH3 is 1. The summed E-state index contributed by atoms with van der Waals surface area (Å²) in [6.07, 6.45) is 0. The maximum atomic E-state index is 11.7. The number of carbonyl (C=O) groups is 1. The molecule has 4 nitrogen and oxygen atoms in total. The zero-order valence-electron chi connectivity index (χ0n) is 9.27. The van der Waals surface area contributed by atoms with Gasteiger partial charge < -0.3 is 9.72 Å². The molecule has 0 aliphatic heterocycles. The molecule has 0 saturated heterocycles. The number of hydrogen-bond donors (Lipinski definition) is 1. The Bertz CT molecular complexity index is 587. The van der Waals surface area contributed by atoms with E-state index in [9.17, 15) is 9.59 Å². The van der Waals surface area contributed by atoms with E-state index in [1.54, 1.807) is 6.07 Å². The Morgan fingerprint density at radius 2 is 1.82 bits per heavy atom. The van der Waals surface area contributed by atoms with Crippen LogP contribution in [0.4, 0.5) is 0 Å². The van der Waals surface area contributed by atoms with Crippen LogP contribution in [0.25, 0.3) is 11.3 Å². The highest BCUT2D eigenvalue weighted by atomic mass is 16.5. The molecule has 0 amide bonds. The van der Waals surface area contributed by atoms with Gasteiger partial charge in [0.15, 0.2) is 0 Å². The zero-order valence-corrected chi connectivity index (χ0v) is 9.27. The van der Waals surface area contributed by atoms with Crippen LogP contribution in [0.15, 0.2) is 47.3 Å². The van der Waals surface area contributed by atoms with Crippen LogP contribution in [0, 0.1) is 0 Å². The molecule has 4 heteroatoms. The second kappa shape index (κ2) is 4.65. The smallest absolute Gasteiger partial charge is 0.343 e. The molecule has 0 fully saturated rings. The van der Waals surface area contributed by atoms with Gasteiger partial charge in [0.25, 0.3) is 5.56 Å². The molecular formula is C13H11NO3. The van der Waals surface area contributed by atoms with Gasteiger partial charge in [-0.2, -0.15) is 0 Å². The van der Waals surface area contributed by atoms with Crippen molar-refractivity contribution < 1.29 is 9.53 Å². The van der Waals surface area contributed by atoms with Crippen LogP contribution in [-0.2, 0) is 4.74 Å². The van der Waals surface area contributed by atoms with Crippen LogP contribution < -0.4 is 5.56 Å². The number of pyridine rings is 1. The van der Waals surface area contributed by atoms with Gasteiger partial charge in [-0.25, -0.2) is 4.79 Å². The highest BCUT2D eigenvalue weighted by Gasteiger charge is 2.10. The number of aromatic nitrogens is 1. The number of H-pyrrole nitrogens is 1. The molecule has 2 aromatic rings. The SMILES string of the molecule is COC(=O)c1ccc(-c2ccccc2)[nH]c1=O. The van der Waals surface area contributed by atoms with Crippen LogP contribution in [0.3, 0.4) is 0 Å². The molecule has 0 unspecified atom stereocenters. The zero-order chi connectivity index (χ0) is 12.3. The number of hydrogen-bond acceptors (Lipinski definition) is 3. The van der Waals surface area contributed by atoms with E-state index in [1.807, 2.05) is 30.3 Å². The van der Waals surface area contributed by atoms with Gasteiger partial charge in [-0.3, -0.25) is 4.79 Å². The van der Waals surface area contributed by atoms with Crippen molar-refractivity contribution >= 4 is 5.97 Å². The van der Waals surface area contributed by atoms with Crippen LogP contribution >= 0.6 is 0 Å². The Hall–Kier alpha value is -2.36. The molecule has 1 N–H and O–H groups in total. The van der Waals surface area contributed by atoms with Crippen LogP contribution in [0.2, 0.25) is 0 Å². The minimum absolute atomic E-state index is 0.00665. The van der Waals surface area contributed by atoms with Crippen molar-refractivity contribution in [2.75, 3.05) is 7.11 Å². The molecule has 0 spiro atoms. The Balaban J connectivity index is 2.45. The average Bonchev–Trinajstić information content (AvgIpc) is 2.39. The highest BCUT2D eigenvalue weighted by molar-refractivity contribution is 5.89. The van der Waals surface area contributed by atoms with Crippen molar-refractivity contribution in [1.29, 1.82) is 0 Å². The van der Waals surface area contributed by atoms with Gasteiger partial charge in [0.05, 0.1) is 7.11 Å². The molecule has 2 rings (SSSR count). The summed E-state index contributed by atoms with van der Waals surface area (Å²) in [4.78, 5) is 25.5. The molecule has 86 valence electrons. The number of esters is 1. The molecular weight excluding hydrogens is 218 g/mol. The van der Waals surface area contributed by atoms with E-state index >= 15 is 0 Å². The van der Waals surface area contributed by atoms with Crippen molar-refractivity contribution in [1.82, 2.24) is 4.98 Å². The topological polar surface area (TPSA) is 59.2 Å². The maximum absolute atomic E-state index is 11.7. The first-order valence-electron chi connectivity index (χ1n) is 5.09. The number of carbonyl (C=O) groups excluding carboxylic acids is 1. The minimum atomic E-state index is -0.633. The van der Waals surface area contributed by atoms with E-state index < -0.39 is 11.5 Å². The van der Waals surface area contributed by atoms with Crippen LogP contribution in [0.5, 0.6) is 0 Å². The second-order valence-corrected chi connectivity index (χ2v) is 3.47. The molecule has 0 saturated carbocycles. The molecule has 0 radical (unpaired) electrons. The Labute approximate surface area is 97.9 Å². The minimum Gasteiger partial charge on any atom is -0.465 e. The molecule has 1 aromatic heterocycles. The fraction of sp³-hybridized carbons (Fsp3) is 0.0769. The molecule has 17 heavy (non-hydrogen) atoms. The van der Waals surface area contributed by atoms with Gasteiger partial charge >= 0.3 is 5.97 Å². The van der Waals surface area contributed by atoms with E-state index in [4.69, 9.17) is 0 Å². The summed E-state index contributed by atoms with van der Waals surface area (Å²) in [7, 11) is 1.24. The van der Waals surface area contributed by atoms with Crippen molar-refractivity contribution in [3.8, 4) is 11.3 Å². The summed E-state index contributed by atoms with van der Waals surface area (Å²) < 4.78 is 4.50. The van der Waals surface area contributed by atoms with Gasteiger partial charge in [-0.15, -0.1) is 0 Å². The van der Waals surface area contributed by atoms with Crippen LogP contribution in [0.1, 0.15) is 10.4 Å². The lowest BCUT2D eigenvalue weighted by atomic mass is 10.1. The predicted octanol–water partition coefficient (Wildman–Crippen LogP) is 1.83. The number of rotatable bonds is 2. The van der Waals surface area contributed by atoms with Gasteiger partial charge in [-0.05, 0) is 17.7 Å². The van der Waals surface area contributed by atoms with Gasteiger partial charge in [-0.1, -0.05) is 30.3 Å². The summed E-state index contributed by atoms with van der Waals surface area (Å²) in [6.45, 7) is 0. The van der Waals surface area contributed by atoms with E-state index in [2.05, 4.69) is 9.72 Å². The van der Waals surface area contributed by atoms with Crippen molar-refractivity contribution in [3.05, 3.63) is 58.4 Å². The summed E-state index contributed by atoms with van der Waals surface area (Å²) in [5.74, 6) is -0.633. The predicted molar refractivity (Wildman–Crippen MR) is 63.8 cm³/mol. The summed E-state index contributed by atoms with van der Waals surface area (Å²) >= 11 is 0. The summed E-state index contributed by atoms with van der Waals surface area (Å²) in [5, 5.41) is 0. The van der Waals surface area contributed by atoms with Gasteiger partial charge in [0, 0.05) is 5.69 Å².